The molecule has 0 bridgehead atoms. The molecule has 0 spiro atoms. The Morgan fingerprint density at radius 1 is 1.21 bits per heavy atom. The Balaban J connectivity index is 2.23. The highest BCUT2D eigenvalue weighted by molar-refractivity contribution is 5.61. The first-order valence-corrected chi connectivity index (χ1v) is 5.17. The molecule has 0 atom stereocenters. The Bertz CT molecular complexity index is 639. The lowest BCUT2D eigenvalue weighted by molar-refractivity contribution is -0.384. The van der Waals surface area contributed by atoms with Gasteiger partial charge in [-0.1, -0.05) is 0 Å². The number of nitrogen functional groups attached to an aromatic ring is 1. The van der Waals surface area contributed by atoms with E-state index in [9.17, 15) is 15.2 Å². The number of nitro groups is 1. The molecule has 0 saturated carbocycles. The van der Waals surface area contributed by atoms with Crippen molar-refractivity contribution in [1.29, 1.82) is 0 Å². The fourth-order valence-corrected chi connectivity index (χ4v) is 1.29. The van der Waals surface area contributed by atoms with E-state index in [4.69, 9.17) is 5.73 Å². The van der Waals surface area contributed by atoms with Crippen molar-refractivity contribution in [2.24, 2.45) is 10.2 Å². The van der Waals surface area contributed by atoms with Gasteiger partial charge in [0.25, 0.3) is 5.69 Å². The van der Waals surface area contributed by atoms with Crippen LogP contribution in [0.5, 0.6) is 5.75 Å². The summed E-state index contributed by atoms with van der Waals surface area (Å²) in [5, 5.41) is 27.7. The number of nitrogens with zero attached hydrogens (tertiary/aromatic N) is 4. The summed E-state index contributed by atoms with van der Waals surface area (Å²) in [5.74, 6) is -0.298. The summed E-state index contributed by atoms with van der Waals surface area (Å²) >= 11 is 0. The first kappa shape index (κ1) is 12.4. The fourth-order valence-electron chi connectivity index (χ4n) is 1.29. The van der Waals surface area contributed by atoms with E-state index in [1.54, 1.807) is 0 Å². The summed E-state index contributed by atoms with van der Waals surface area (Å²) in [6.07, 6.45) is 1.39. The van der Waals surface area contributed by atoms with Gasteiger partial charge in [0.2, 0.25) is 0 Å². The Labute approximate surface area is 107 Å². The van der Waals surface area contributed by atoms with Crippen LogP contribution in [0.3, 0.4) is 0 Å². The number of aromatic nitrogens is 1. The molecule has 8 heteroatoms. The molecule has 1 aromatic carbocycles. The SMILES string of the molecule is Nc1nccc(N=Nc2ccc([N+](=O)[O-])cc2)c1O. The molecule has 0 aliphatic rings. The van der Waals surface area contributed by atoms with Gasteiger partial charge in [-0.05, 0) is 18.2 Å². The van der Waals surface area contributed by atoms with Gasteiger partial charge in [-0.2, -0.15) is 5.11 Å². The van der Waals surface area contributed by atoms with Crippen molar-refractivity contribution < 1.29 is 10.0 Å². The lowest BCUT2D eigenvalue weighted by Crippen LogP contribution is -1.88. The average molecular weight is 259 g/mol. The molecule has 0 amide bonds. The lowest BCUT2D eigenvalue weighted by Gasteiger charge is -1.99. The van der Waals surface area contributed by atoms with E-state index in [0.717, 1.165) is 0 Å². The summed E-state index contributed by atoms with van der Waals surface area (Å²) < 4.78 is 0. The summed E-state index contributed by atoms with van der Waals surface area (Å²) in [6, 6.07) is 6.97. The number of benzene rings is 1. The predicted molar refractivity (Wildman–Crippen MR) is 67.6 cm³/mol. The number of hydrogen-bond donors (Lipinski definition) is 2. The maximum absolute atomic E-state index is 10.5. The molecule has 0 radical (unpaired) electrons. The fraction of sp³-hybridized carbons (Fsp3) is 0. The van der Waals surface area contributed by atoms with E-state index in [0.29, 0.717) is 5.69 Å². The smallest absolute Gasteiger partial charge is 0.269 e. The number of rotatable bonds is 3. The second-order valence-electron chi connectivity index (χ2n) is 3.54. The van der Waals surface area contributed by atoms with Crippen molar-refractivity contribution in [1.82, 2.24) is 4.98 Å². The van der Waals surface area contributed by atoms with E-state index in [-0.39, 0.29) is 22.9 Å². The van der Waals surface area contributed by atoms with Crippen molar-refractivity contribution >= 4 is 22.9 Å². The van der Waals surface area contributed by atoms with Crippen LogP contribution in [0.4, 0.5) is 22.9 Å². The van der Waals surface area contributed by atoms with Gasteiger partial charge >= 0.3 is 0 Å². The second kappa shape index (κ2) is 5.08. The summed E-state index contributed by atoms with van der Waals surface area (Å²) in [4.78, 5) is 13.6. The molecule has 0 aliphatic carbocycles. The zero-order chi connectivity index (χ0) is 13.8. The van der Waals surface area contributed by atoms with Crippen LogP contribution in [0.25, 0.3) is 0 Å². The van der Waals surface area contributed by atoms with Gasteiger partial charge in [-0.3, -0.25) is 10.1 Å². The standard InChI is InChI=1S/C11H9N5O3/c12-11-10(17)9(5-6-13-11)15-14-7-1-3-8(4-2-7)16(18)19/h1-6,17H,(H2,12,13). The predicted octanol–water partition coefficient (Wildman–Crippen LogP) is 2.69. The molecule has 1 heterocycles. The van der Waals surface area contributed by atoms with Gasteiger partial charge in [0.05, 0.1) is 10.6 Å². The van der Waals surface area contributed by atoms with Gasteiger partial charge in [-0.25, -0.2) is 4.98 Å². The first-order valence-electron chi connectivity index (χ1n) is 5.17. The normalized spacial score (nSPS) is 10.7. The van der Waals surface area contributed by atoms with Gasteiger partial charge < -0.3 is 10.8 Å². The molecule has 1 aromatic heterocycles. The van der Waals surface area contributed by atoms with E-state index in [1.165, 1.54) is 36.5 Å². The minimum absolute atomic E-state index is 0.0325. The number of hydrogen-bond acceptors (Lipinski definition) is 7. The van der Waals surface area contributed by atoms with Crippen molar-refractivity contribution in [3.05, 3.63) is 46.6 Å². The molecular weight excluding hydrogens is 250 g/mol. The topological polar surface area (TPSA) is 127 Å². The highest BCUT2D eigenvalue weighted by atomic mass is 16.6. The van der Waals surface area contributed by atoms with Crippen LogP contribution in [-0.2, 0) is 0 Å². The summed E-state index contributed by atoms with van der Waals surface area (Å²) in [6.45, 7) is 0. The minimum atomic E-state index is -0.504. The van der Waals surface area contributed by atoms with E-state index >= 15 is 0 Å². The van der Waals surface area contributed by atoms with Crippen molar-refractivity contribution in [2.75, 3.05) is 5.73 Å². The number of azo groups is 1. The molecule has 0 aliphatic heterocycles. The molecule has 8 nitrogen and oxygen atoms in total. The van der Waals surface area contributed by atoms with Crippen LogP contribution in [0.2, 0.25) is 0 Å². The molecule has 19 heavy (non-hydrogen) atoms. The molecular formula is C11H9N5O3. The van der Waals surface area contributed by atoms with Gasteiger partial charge in [0.1, 0.15) is 5.69 Å². The highest BCUT2D eigenvalue weighted by Gasteiger charge is 2.05. The molecule has 2 rings (SSSR count). The van der Waals surface area contributed by atoms with Crippen LogP contribution in [0.15, 0.2) is 46.8 Å². The Morgan fingerprint density at radius 2 is 1.89 bits per heavy atom. The van der Waals surface area contributed by atoms with E-state index in [2.05, 4.69) is 15.2 Å². The number of aromatic hydroxyl groups is 1. The number of nitrogens with two attached hydrogens (primary N) is 1. The van der Waals surface area contributed by atoms with Gasteiger partial charge in [0.15, 0.2) is 11.6 Å². The van der Waals surface area contributed by atoms with Gasteiger partial charge in [-0.15, -0.1) is 5.11 Å². The maximum Gasteiger partial charge on any atom is 0.269 e. The van der Waals surface area contributed by atoms with Gasteiger partial charge in [0, 0.05) is 18.3 Å². The third-order valence-corrected chi connectivity index (χ3v) is 2.26. The summed E-state index contributed by atoms with van der Waals surface area (Å²) in [7, 11) is 0. The van der Waals surface area contributed by atoms with Crippen LogP contribution < -0.4 is 5.73 Å². The summed E-state index contributed by atoms with van der Waals surface area (Å²) in [5.41, 5.74) is 5.96. The third kappa shape index (κ3) is 2.80. The second-order valence-corrected chi connectivity index (χ2v) is 3.54. The Hall–Kier alpha value is -3.03. The number of anilines is 1. The Kier molecular flexibility index (Phi) is 3.33. The molecule has 3 N–H and O–H groups in total. The molecule has 0 saturated heterocycles. The van der Waals surface area contributed by atoms with Crippen molar-refractivity contribution in [3.63, 3.8) is 0 Å². The molecule has 0 fully saturated rings. The van der Waals surface area contributed by atoms with Crippen LogP contribution in [0, 0.1) is 10.1 Å². The maximum atomic E-state index is 10.5. The van der Waals surface area contributed by atoms with Crippen molar-refractivity contribution in [3.8, 4) is 5.75 Å². The first-order chi connectivity index (χ1) is 9.08. The quantitative estimate of drug-likeness (QED) is 0.497. The van der Waals surface area contributed by atoms with Crippen molar-refractivity contribution in [2.45, 2.75) is 0 Å². The third-order valence-electron chi connectivity index (χ3n) is 2.26. The van der Waals surface area contributed by atoms with Crippen LogP contribution >= 0.6 is 0 Å². The molecule has 0 unspecified atom stereocenters. The number of nitro benzene ring substituents is 1. The minimum Gasteiger partial charge on any atom is -0.503 e. The Morgan fingerprint density at radius 3 is 2.53 bits per heavy atom. The number of non-ortho nitro benzene ring substituents is 1. The largest absolute Gasteiger partial charge is 0.503 e. The number of pyridine rings is 1. The van der Waals surface area contributed by atoms with Crippen LogP contribution in [0.1, 0.15) is 0 Å². The average Bonchev–Trinajstić information content (AvgIpc) is 2.41. The molecule has 96 valence electrons. The monoisotopic (exact) mass is 259 g/mol. The zero-order valence-corrected chi connectivity index (χ0v) is 9.59. The molecule has 2 aromatic rings. The lowest BCUT2D eigenvalue weighted by atomic mass is 10.3. The van der Waals surface area contributed by atoms with Crippen LogP contribution in [-0.4, -0.2) is 15.0 Å². The van der Waals surface area contributed by atoms with E-state index < -0.39 is 4.92 Å². The highest BCUT2D eigenvalue weighted by Crippen LogP contribution is 2.31. The van der Waals surface area contributed by atoms with E-state index in [1.807, 2.05) is 0 Å². The zero-order valence-electron chi connectivity index (χ0n) is 9.59.